The molecule has 0 aliphatic carbocycles. The van der Waals surface area contributed by atoms with E-state index >= 15 is 0 Å². The fourth-order valence-electron chi connectivity index (χ4n) is 0. The Kier molecular flexibility index (Phi) is 2.34. The Morgan fingerprint density at radius 3 is 2.00 bits per heavy atom. The molecule has 1 heteroatoms. The van der Waals surface area contributed by atoms with Crippen LogP contribution in [0.25, 0.3) is 0 Å². The van der Waals surface area contributed by atoms with Crippen LogP contribution in [0.2, 0.25) is 5.82 Å². The van der Waals surface area contributed by atoms with Gasteiger partial charge in [0.25, 0.3) is 0 Å². The molecule has 0 fully saturated rings. The van der Waals surface area contributed by atoms with E-state index in [9.17, 15) is 0 Å². The Balaban J connectivity index is 2.54. The van der Waals surface area contributed by atoms with Crippen LogP contribution in [0.15, 0.2) is 0 Å². The van der Waals surface area contributed by atoms with Gasteiger partial charge in [-0.25, -0.2) is 0 Å². The molecule has 32 valence electrons. The van der Waals surface area contributed by atoms with Crippen molar-refractivity contribution < 1.29 is 0 Å². The van der Waals surface area contributed by atoms with Gasteiger partial charge in [0.15, 0.2) is 0 Å². The minimum atomic E-state index is 0.688. The van der Waals surface area contributed by atoms with Crippen LogP contribution in [0.5, 0.6) is 0 Å². The molecule has 1 unspecified atom stereocenters. The van der Waals surface area contributed by atoms with E-state index in [1.165, 1.54) is 6.42 Å². The first kappa shape index (κ1) is 5.06. The second-order valence-corrected chi connectivity index (χ2v) is 0.816. The van der Waals surface area contributed by atoms with Crippen LogP contribution in [0.3, 0.4) is 0 Å². The molecular weight excluding hydrogens is 58.9 g/mol. The maximum atomic E-state index is 2.33. The largest absolute Gasteiger partial charge is 0.179 e. The van der Waals surface area contributed by atoms with Gasteiger partial charge in [-0.1, -0.05) is 20.3 Å². The van der Waals surface area contributed by atoms with Gasteiger partial charge in [-0.05, 0) is 7.85 Å². The van der Waals surface area contributed by atoms with Crippen LogP contribution in [0, 0.1) is 0 Å². The van der Waals surface area contributed by atoms with Crippen LogP contribution < -0.4 is 0 Å². The molecule has 0 aromatic carbocycles. The lowest BCUT2D eigenvalue weighted by molar-refractivity contribution is 0.880. The topological polar surface area (TPSA) is 0 Å². The number of hydrogen-bond donors (Lipinski definition) is 0. The van der Waals surface area contributed by atoms with Crippen molar-refractivity contribution >= 4 is 7.85 Å². The molecule has 0 N–H and O–H groups in total. The van der Waals surface area contributed by atoms with Crippen molar-refractivity contribution in [2.24, 2.45) is 0 Å². The molecule has 0 spiro atoms. The predicted octanol–water partition coefficient (Wildman–Crippen LogP) is 0.570. The van der Waals surface area contributed by atoms with Gasteiger partial charge in [0.1, 0.15) is 0 Å². The Morgan fingerprint density at radius 1 is 1.80 bits per heavy atom. The summed E-state index contributed by atoms with van der Waals surface area (Å²) in [7, 11) is 0.688. The Hall–Kier alpha value is 0.0649. The molecule has 0 heterocycles. The highest BCUT2D eigenvalue weighted by Crippen LogP contribution is 1.97. The third kappa shape index (κ3) is 4.06. The maximum Gasteiger partial charge on any atom is -0.0447 e. The molecule has 0 aliphatic heterocycles. The first-order valence-electron chi connectivity index (χ1n) is 1.69. The first-order chi connectivity index (χ1) is 2.27. The molecule has 0 rings (SSSR count). The molecule has 0 amide bonds. The highest BCUT2D eigenvalue weighted by atomic mass is 13.8. The quantitative estimate of drug-likeness (QED) is 0.396. The predicted molar refractivity (Wildman–Crippen MR) is 29.7 cm³/mol. The zero-order valence-electron chi connectivity index (χ0n) is 3.28. The van der Waals surface area contributed by atoms with Gasteiger partial charge < -0.3 is 0 Å². The van der Waals surface area contributed by atoms with Crippen LogP contribution in [0.4, 0.5) is 0 Å². The summed E-state index contributed by atoms with van der Waals surface area (Å²) in [4.78, 5) is 0. The normalized spacial score (nSPS) is 15.0. The summed E-state index contributed by atoms with van der Waals surface area (Å²) in [5.41, 5.74) is 0. The molecule has 0 aromatic heterocycles. The average Bonchev–Trinajstić information content (AvgIpc) is 1.38. The Morgan fingerprint density at radius 2 is 2.00 bits per heavy atom. The molecule has 0 nitrogen and oxygen atoms in total. The van der Waals surface area contributed by atoms with E-state index in [1.54, 1.807) is 0 Å². The molecule has 0 saturated carbocycles. The smallest absolute Gasteiger partial charge is 0.0447 e. The lowest BCUT2D eigenvalue weighted by Crippen LogP contribution is -1.76. The van der Waals surface area contributed by atoms with Gasteiger partial charge in [-0.2, -0.15) is 5.82 Å². The Labute approximate surface area is 35.0 Å². The van der Waals surface area contributed by atoms with Gasteiger partial charge in [-0.3, -0.25) is 0 Å². The minimum Gasteiger partial charge on any atom is -0.179 e. The van der Waals surface area contributed by atoms with Crippen LogP contribution >= 0.6 is 0 Å². The zero-order chi connectivity index (χ0) is 4.28. The summed E-state index contributed by atoms with van der Waals surface area (Å²) in [5, 5.41) is 0. The van der Waals surface area contributed by atoms with Crippen molar-refractivity contribution in [3.63, 3.8) is 0 Å². The fourth-order valence-corrected chi connectivity index (χ4v) is 0. The average molecular weight is 71.0 g/mol. The number of rotatable bonds is 1. The van der Waals surface area contributed by atoms with Gasteiger partial charge in [0.05, 0.1) is 0 Å². The molecular formula is C4H12B-. The molecule has 0 radical (unpaired) electrons. The second-order valence-electron chi connectivity index (χ2n) is 0.816. The maximum absolute atomic E-state index is 2.33. The van der Waals surface area contributed by atoms with Gasteiger partial charge in [-0.15, -0.1) is 0 Å². The van der Waals surface area contributed by atoms with E-state index in [4.69, 9.17) is 0 Å². The van der Waals surface area contributed by atoms with Crippen molar-refractivity contribution in [2.45, 2.75) is 26.1 Å². The summed E-state index contributed by atoms with van der Waals surface area (Å²) in [5.74, 6) is 1.13. The molecule has 5 heavy (non-hydrogen) atoms. The van der Waals surface area contributed by atoms with Crippen molar-refractivity contribution in [2.75, 3.05) is 0 Å². The summed E-state index contributed by atoms with van der Waals surface area (Å²) in [6.07, 6.45) is 1.42. The lowest BCUT2D eigenvalue weighted by Gasteiger charge is -1.97. The van der Waals surface area contributed by atoms with E-state index < -0.39 is 0 Å². The highest BCUT2D eigenvalue weighted by molar-refractivity contribution is 6.11. The van der Waals surface area contributed by atoms with E-state index in [2.05, 4.69) is 13.8 Å². The molecule has 0 aliphatic rings. The van der Waals surface area contributed by atoms with Gasteiger partial charge in [0, 0.05) is 0 Å². The molecule has 0 aromatic rings. The third-order valence-electron chi connectivity index (χ3n) is 0.408. The minimum absolute atomic E-state index is 0.688. The fraction of sp³-hybridized carbons (Fsp3) is 1.00. The van der Waals surface area contributed by atoms with Crippen molar-refractivity contribution in [3.8, 4) is 0 Å². The third-order valence-corrected chi connectivity index (χ3v) is 0.408. The van der Waals surface area contributed by atoms with Crippen LogP contribution in [0.1, 0.15) is 20.3 Å². The standard InChI is InChI=1S/C4H12B/c1-3-4(2)5/h4H,3H2,1-2,5H3/q-1. The Bertz CT molecular complexity index is 17.6. The second kappa shape index (κ2) is 2.31. The van der Waals surface area contributed by atoms with Crippen molar-refractivity contribution in [3.05, 3.63) is 0 Å². The van der Waals surface area contributed by atoms with Gasteiger partial charge >= 0.3 is 0 Å². The van der Waals surface area contributed by atoms with Gasteiger partial charge in [0.2, 0.25) is 0 Å². The summed E-state index contributed by atoms with van der Waals surface area (Å²) in [6, 6.07) is 0. The van der Waals surface area contributed by atoms with Crippen molar-refractivity contribution in [1.29, 1.82) is 0 Å². The zero-order valence-corrected chi connectivity index (χ0v) is 3.28. The van der Waals surface area contributed by atoms with Crippen LogP contribution in [-0.4, -0.2) is 7.85 Å². The summed E-state index contributed by atoms with van der Waals surface area (Å²) in [6.45, 7) is 4.59. The summed E-state index contributed by atoms with van der Waals surface area (Å²) < 4.78 is 0. The number of hydrogen-bond acceptors (Lipinski definition) is 0. The van der Waals surface area contributed by atoms with Crippen LogP contribution in [-0.2, 0) is 0 Å². The summed E-state index contributed by atoms with van der Waals surface area (Å²) >= 11 is 0. The SMILES string of the molecule is [BH3-]C(C)CC. The van der Waals surface area contributed by atoms with Crippen molar-refractivity contribution in [1.82, 2.24) is 0 Å². The first-order valence-corrected chi connectivity index (χ1v) is 1.69. The highest BCUT2D eigenvalue weighted by Gasteiger charge is 1.73. The lowest BCUT2D eigenvalue weighted by atomic mass is 9.88. The van der Waals surface area contributed by atoms with E-state index in [0.29, 0.717) is 7.85 Å². The monoisotopic (exact) mass is 71.1 g/mol. The molecule has 1 atom stereocenters. The van der Waals surface area contributed by atoms with E-state index in [1.807, 2.05) is 0 Å². The van der Waals surface area contributed by atoms with E-state index in [-0.39, 0.29) is 0 Å². The molecule has 0 bridgehead atoms. The molecule has 0 saturated heterocycles. The van der Waals surface area contributed by atoms with E-state index in [0.717, 1.165) is 5.82 Å².